The molecule has 0 saturated heterocycles. The summed E-state index contributed by atoms with van der Waals surface area (Å²) < 4.78 is 17.0. The van der Waals surface area contributed by atoms with Crippen molar-refractivity contribution in [3.8, 4) is 11.5 Å². The molecule has 0 spiro atoms. The fraction of sp³-hybridized carbons (Fsp3) is 0.400. The predicted molar refractivity (Wildman–Crippen MR) is 93.8 cm³/mol. The van der Waals surface area contributed by atoms with Crippen molar-refractivity contribution in [3.05, 3.63) is 53.9 Å². The van der Waals surface area contributed by atoms with Gasteiger partial charge < -0.3 is 14.2 Å². The van der Waals surface area contributed by atoms with Crippen LogP contribution in [0.25, 0.3) is 0 Å². The molecule has 2 aromatic rings. The Bertz CT molecular complexity index is 713. The second-order valence-corrected chi connectivity index (χ2v) is 6.19. The number of rotatable bonds is 8. The minimum Gasteiger partial charge on any atom is -0.490 e. The van der Waals surface area contributed by atoms with Crippen LogP contribution < -0.4 is 9.47 Å². The van der Waals surface area contributed by atoms with Gasteiger partial charge in [-0.05, 0) is 68.5 Å². The predicted octanol–water partition coefficient (Wildman–Crippen LogP) is 4.01. The number of aromatic nitrogens is 1. The van der Waals surface area contributed by atoms with E-state index >= 15 is 0 Å². The maximum absolute atomic E-state index is 12.3. The molecule has 0 bridgehead atoms. The molecule has 3 rings (SSSR count). The van der Waals surface area contributed by atoms with E-state index in [0.717, 1.165) is 18.4 Å². The molecule has 0 aliphatic heterocycles. The Kier molecular flexibility index (Phi) is 5.53. The Morgan fingerprint density at radius 1 is 1.16 bits per heavy atom. The number of benzene rings is 1. The Morgan fingerprint density at radius 3 is 2.60 bits per heavy atom. The smallest absolute Gasteiger partial charge is 0.338 e. The maximum atomic E-state index is 12.3. The van der Waals surface area contributed by atoms with Gasteiger partial charge in [-0.2, -0.15) is 0 Å². The number of hydrogen-bond acceptors (Lipinski definition) is 5. The molecule has 25 heavy (non-hydrogen) atoms. The molecule has 1 fully saturated rings. The van der Waals surface area contributed by atoms with E-state index in [1.165, 1.54) is 0 Å². The molecule has 1 heterocycles. The summed E-state index contributed by atoms with van der Waals surface area (Å²) >= 11 is 0. The largest absolute Gasteiger partial charge is 0.490 e. The maximum Gasteiger partial charge on any atom is 0.338 e. The summed E-state index contributed by atoms with van der Waals surface area (Å²) in [5.74, 6) is 1.34. The molecular weight excluding hydrogens is 318 g/mol. The summed E-state index contributed by atoms with van der Waals surface area (Å²) in [5, 5.41) is 0. The number of esters is 1. The Hall–Kier alpha value is -2.56. The lowest BCUT2D eigenvalue weighted by molar-refractivity contribution is 0.0294. The number of hydrogen-bond donors (Lipinski definition) is 0. The van der Waals surface area contributed by atoms with E-state index in [1.807, 2.05) is 26.0 Å². The fourth-order valence-corrected chi connectivity index (χ4v) is 2.56. The lowest BCUT2D eigenvalue weighted by Crippen LogP contribution is -2.17. The van der Waals surface area contributed by atoms with Crippen LogP contribution in [0.2, 0.25) is 0 Å². The Labute approximate surface area is 147 Å². The monoisotopic (exact) mass is 341 g/mol. The number of carbonyl (C=O) groups excluding carboxylic acids is 1. The zero-order chi connectivity index (χ0) is 17.6. The Morgan fingerprint density at radius 2 is 1.92 bits per heavy atom. The van der Waals surface area contributed by atoms with Crippen molar-refractivity contribution in [2.45, 2.75) is 39.4 Å². The standard InChI is InChI=1S/C20H23NO4/c1-3-23-19-12-17(20(22)25-14(2)16-4-5-16)6-7-18(19)24-13-15-8-10-21-11-9-15/h6-12,14,16H,3-5,13H2,1-2H3/t14-/m0/s1. The summed E-state index contributed by atoms with van der Waals surface area (Å²) in [5.41, 5.74) is 1.49. The molecule has 1 aliphatic carbocycles. The van der Waals surface area contributed by atoms with Crippen LogP contribution >= 0.6 is 0 Å². The highest BCUT2D eigenvalue weighted by atomic mass is 16.5. The summed E-state index contributed by atoms with van der Waals surface area (Å²) in [6.45, 7) is 4.74. The first-order valence-electron chi connectivity index (χ1n) is 8.67. The second-order valence-electron chi connectivity index (χ2n) is 6.19. The minimum absolute atomic E-state index is 0.0364. The van der Waals surface area contributed by atoms with Crippen LogP contribution in [-0.4, -0.2) is 23.7 Å². The van der Waals surface area contributed by atoms with Gasteiger partial charge in [-0.15, -0.1) is 0 Å². The van der Waals surface area contributed by atoms with Gasteiger partial charge in [0.05, 0.1) is 12.2 Å². The van der Waals surface area contributed by atoms with E-state index in [1.54, 1.807) is 30.6 Å². The van der Waals surface area contributed by atoms with Crippen molar-refractivity contribution in [2.24, 2.45) is 5.92 Å². The van der Waals surface area contributed by atoms with Gasteiger partial charge in [-0.3, -0.25) is 4.98 Å². The lowest BCUT2D eigenvalue weighted by atomic mass is 10.2. The van der Waals surface area contributed by atoms with Crippen LogP contribution in [0.1, 0.15) is 42.6 Å². The van der Waals surface area contributed by atoms with E-state index in [4.69, 9.17) is 14.2 Å². The third kappa shape index (κ3) is 4.72. The van der Waals surface area contributed by atoms with E-state index in [0.29, 0.717) is 36.2 Å². The number of pyridine rings is 1. The molecule has 5 heteroatoms. The van der Waals surface area contributed by atoms with Crippen LogP contribution in [-0.2, 0) is 11.3 Å². The van der Waals surface area contributed by atoms with Gasteiger partial charge in [0.2, 0.25) is 0 Å². The van der Waals surface area contributed by atoms with Gasteiger partial charge in [0.1, 0.15) is 12.7 Å². The van der Waals surface area contributed by atoms with Gasteiger partial charge in [0.25, 0.3) is 0 Å². The molecule has 0 N–H and O–H groups in total. The van der Waals surface area contributed by atoms with E-state index in [2.05, 4.69) is 4.98 Å². The summed E-state index contributed by atoms with van der Waals surface area (Å²) in [6.07, 6.45) is 5.69. The number of carbonyl (C=O) groups is 1. The molecule has 1 aliphatic rings. The van der Waals surface area contributed by atoms with Crippen molar-refractivity contribution < 1.29 is 19.0 Å². The van der Waals surface area contributed by atoms with Gasteiger partial charge >= 0.3 is 5.97 Å². The zero-order valence-corrected chi connectivity index (χ0v) is 14.6. The molecule has 0 unspecified atom stereocenters. The first kappa shape index (κ1) is 17.3. The third-order valence-corrected chi connectivity index (χ3v) is 4.20. The number of ether oxygens (including phenoxy) is 3. The van der Waals surface area contributed by atoms with Crippen molar-refractivity contribution in [1.29, 1.82) is 0 Å². The summed E-state index contributed by atoms with van der Waals surface area (Å²) in [6, 6.07) is 8.95. The average molecular weight is 341 g/mol. The second kappa shape index (κ2) is 8.01. The third-order valence-electron chi connectivity index (χ3n) is 4.20. The molecule has 1 aromatic heterocycles. The van der Waals surface area contributed by atoms with E-state index in [9.17, 15) is 4.79 Å². The highest BCUT2D eigenvalue weighted by Gasteiger charge is 2.31. The Balaban J connectivity index is 1.69. The molecular formula is C20H23NO4. The summed E-state index contributed by atoms with van der Waals surface area (Å²) in [4.78, 5) is 16.3. The lowest BCUT2D eigenvalue weighted by Gasteiger charge is -2.15. The highest BCUT2D eigenvalue weighted by Crippen LogP contribution is 2.35. The van der Waals surface area contributed by atoms with Crippen molar-refractivity contribution >= 4 is 5.97 Å². The van der Waals surface area contributed by atoms with Gasteiger partial charge in [0, 0.05) is 12.4 Å². The molecule has 5 nitrogen and oxygen atoms in total. The van der Waals surface area contributed by atoms with E-state index < -0.39 is 0 Å². The molecule has 1 saturated carbocycles. The topological polar surface area (TPSA) is 57.7 Å². The van der Waals surface area contributed by atoms with Gasteiger partial charge in [-0.1, -0.05) is 0 Å². The van der Waals surface area contributed by atoms with Crippen molar-refractivity contribution in [2.75, 3.05) is 6.61 Å². The van der Waals surface area contributed by atoms with Crippen LogP contribution in [0.5, 0.6) is 11.5 Å². The fourth-order valence-electron chi connectivity index (χ4n) is 2.56. The average Bonchev–Trinajstić information content (AvgIpc) is 3.47. The van der Waals surface area contributed by atoms with E-state index in [-0.39, 0.29) is 12.1 Å². The summed E-state index contributed by atoms with van der Waals surface area (Å²) in [7, 11) is 0. The molecule has 0 radical (unpaired) electrons. The van der Waals surface area contributed by atoms with Crippen LogP contribution in [0.3, 0.4) is 0 Å². The first-order chi connectivity index (χ1) is 12.2. The highest BCUT2D eigenvalue weighted by molar-refractivity contribution is 5.90. The van der Waals surface area contributed by atoms with Crippen LogP contribution in [0.4, 0.5) is 0 Å². The van der Waals surface area contributed by atoms with Crippen LogP contribution in [0, 0.1) is 5.92 Å². The minimum atomic E-state index is -0.318. The molecule has 1 aromatic carbocycles. The SMILES string of the molecule is CCOc1cc(C(=O)O[C@@H](C)C2CC2)ccc1OCc1ccncc1. The zero-order valence-electron chi connectivity index (χ0n) is 14.6. The first-order valence-corrected chi connectivity index (χ1v) is 8.67. The van der Waals surface area contributed by atoms with Crippen molar-refractivity contribution in [1.82, 2.24) is 4.98 Å². The molecule has 1 atom stereocenters. The molecule has 0 amide bonds. The van der Waals surface area contributed by atoms with Gasteiger partial charge in [0.15, 0.2) is 11.5 Å². The quantitative estimate of drug-likeness (QED) is 0.679. The van der Waals surface area contributed by atoms with Crippen LogP contribution in [0.15, 0.2) is 42.7 Å². The van der Waals surface area contributed by atoms with Crippen molar-refractivity contribution in [3.63, 3.8) is 0 Å². The van der Waals surface area contributed by atoms with Gasteiger partial charge in [-0.25, -0.2) is 4.79 Å². The normalized spacial score (nSPS) is 14.6. The molecule has 132 valence electrons. The number of nitrogens with zero attached hydrogens (tertiary/aromatic N) is 1.